The van der Waals surface area contributed by atoms with E-state index in [1.807, 2.05) is 66.6 Å². The quantitative estimate of drug-likeness (QED) is 0.262. The van der Waals surface area contributed by atoms with E-state index in [2.05, 4.69) is 21.1 Å². The van der Waals surface area contributed by atoms with E-state index in [0.717, 1.165) is 45.8 Å². The molecule has 0 bridgehead atoms. The number of aromatic nitrogens is 2. The van der Waals surface area contributed by atoms with Crippen LogP contribution in [0.15, 0.2) is 72.9 Å². The van der Waals surface area contributed by atoms with Gasteiger partial charge in [0.15, 0.2) is 5.11 Å². The number of rotatable bonds is 7. The summed E-state index contributed by atoms with van der Waals surface area (Å²) >= 11 is 5.87. The highest BCUT2D eigenvalue weighted by Gasteiger charge is 2.42. The van der Waals surface area contributed by atoms with Crippen LogP contribution in [0.5, 0.6) is 0 Å². The molecule has 0 amide bonds. The number of aromatic carboxylic acids is 1. The van der Waals surface area contributed by atoms with Gasteiger partial charge in [-0.05, 0) is 98.7 Å². The maximum Gasteiger partial charge on any atom is 0.335 e. The van der Waals surface area contributed by atoms with Crippen LogP contribution in [0.4, 0.5) is 11.4 Å². The van der Waals surface area contributed by atoms with Crippen molar-refractivity contribution in [3.63, 3.8) is 0 Å². The Labute approximate surface area is 238 Å². The molecule has 0 aliphatic carbocycles. The van der Waals surface area contributed by atoms with E-state index >= 15 is 0 Å². The lowest BCUT2D eigenvalue weighted by Crippen LogP contribution is -2.29. The molecule has 2 atom stereocenters. The van der Waals surface area contributed by atoms with Gasteiger partial charge in [0.05, 0.1) is 35.3 Å². The highest BCUT2D eigenvalue weighted by molar-refractivity contribution is 7.92. The number of nitrogens with zero attached hydrogens (tertiary/aromatic N) is 3. The van der Waals surface area contributed by atoms with Crippen molar-refractivity contribution in [3.05, 3.63) is 107 Å². The van der Waals surface area contributed by atoms with Gasteiger partial charge >= 0.3 is 5.97 Å². The molecule has 4 aromatic rings. The van der Waals surface area contributed by atoms with Gasteiger partial charge in [0, 0.05) is 29.0 Å². The molecule has 0 radical (unpaired) electrons. The molecule has 2 aromatic carbocycles. The van der Waals surface area contributed by atoms with E-state index in [-0.39, 0.29) is 17.6 Å². The zero-order valence-electron chi connectivity index (χ0n) is 22.4. The summed E-state index contributed by atoms with van der Waals surface area (Å²) in [6, 6.07) is 19.6. The molecule has 3 heterocycles. The second-order valence-electron chi connectivity index (χ2n) is 9.89. The van der Waals surface area contributed by atoms with E-state index in [4.69, 9.17) is 12.2 Å². The highest BCUT2D eigenvalue weighted by Crippen LogP contribution is 2.44. The Morgan fingerprint density at radius 2 is 1.80 bits per heavy atom. The van der Waals surface area contributed by atoms with Crippen molar-refractivity contribution in [3.8, 4) is 5.69 Å². The smallest absolute Gasteiger partial charge is 0.335 e. The first-order chi connectivity index (χ1) is 18.9. The number of carbonyl (C=O) groups is 1. The lowest BCUT2D eigenvalue weighted by atomic mass is 9.96. The monoisotopic (exact) mass is 575 g/mol. The third-order valence-corrected chi connectivity index (χ3v) is 7.93. The Morgan fingerprint density at radius 3 is 2.45 bits per heavy atom. The number of carboxylic acid groups (broad SMARTS) is 1. The molecular formula is C29H29N5O4S2. The van der Waals surface area contributed by atoms with Gasteiger partial charge < -0.3 is 19.9 Å². The number of nitrogens with one attached hydrogen (secondary N) is 2. The zero-order chi connectivity index (χ0) is 28.8. The fourth-order valence-corrected chi connectivity index (χ4v) is 6.30. The van der Waals surface area contributed by atoms with Crippen molar-refractivity contribution in [1.29, 1.82) is 0 Å². The van der Waals surface area contributed by atoms with Crippen molar-refractivity contribution >= 4 is 44.7 Å². The summed E-state index contributed by atoms with van der Waals surface area (Å²) in [4.78, 5) is 18.3. The molecule has 1 aliphatic heterocycles. The van der Waals surface area contributed by atoms with Gasteiger partial charge in [0.25, 0.3) is 0 Å². The number of aryl methyl sites for hydroxylation is 2. The average molecular weight is 576 g/mol. The molecule has 1 aliphatic rings. The third-order valence-electron chi connectivity index (χ3n) is 7.02. The number of carboxylic acids is 1. The summed E-state index contributed by atoms with van der Waals surface area (Å²) in [5, 5.41) is 13.5. The number of anilines is 2. The van der Waals surface area contributed by atoms with Crippen molar-refractivity contribution in [2.24, 2.45) is 0 Å². The maximum absolute atomic E-state index is 11.8. The molecule has 11 heteroatoms. The minimum Gasteiger partial charge on any atom is -0.478 e. The van der Waals surface area contributed by atoms with Gasteiger partial charge in [-0.3, -0.25) is 9.71 Å². The summed E-state index contributed by atoms with van der Waals surface area (Å²) in [5.74, 6) is -0.986. The van der Waals surface area contributed by atoms with E-state index in [9.17, 15) is 18.3 Å². The lowest BCUT2D eigenvalue weighted by Gasteiger charge is -2.29. The SMILES string of the molecule is Cc1cc(N2C(=S)N[C@@H](c3ccccn3)[C@H]2c2cc(C)n(-c3cccc(C(=O)O)c3)c2C)ccc1NS(C)(=O)=O. The molecular weight excluding hydrogens is 546 g/mol. The van der Waals surface area contributed by atoms with Gasteiger partial charge in [-0.25, -0.2) is 13.2 Å². The topological polar surface area (TPSA) is 117 Å². The maximum atomic E-state index is 11.8. The predicted molar refractivity (Wildman–Crippen MR) is 160 cm³/mol. The zero-order valence-corrected chi connectivity index (χ0v) is 24.0. The number of hydrogen-bond acceptors (Lipinski definition) is 5. The summed E-state index contributed by atoms with van der Waals surface area (Å²) in [7, 11) is -3.43. The van der Waals surface area contributed by atoms with E-state index in [1.165, 1.54) is 0 Å². The summed E-state index contributed by atoms with van der Waals surface area (Å²) in [5.41, 5.74) is 6.71. The Balaban J connectivity index is 1.65. The van der Waals surface area contributed by atoms with Gasteiger partial charge in [-0.1, -0.05) is 12.1 Å². The molecule has 1 fully saturated rings. The summed E-state index contributed by atoms with van der Waals surface area (Å²) in [6.45, 7) is 5.84. The average Bonchev–Trinajstić information content (AvgIpc) is 3.40. The van der Waals surface area contributed by atoms with Crippen LogP contribution < -0.4 is 14.9 Å². The summed E-state index contributed by atoms with van der Waals surface area (Å²) < 4.78 is 28.3. The summed E-state index contributed by atoms with van der Waals surface area (Å²) in [6.07, 6.45) is 2.87. The van der Waals surface area contributed by atoms with Crippen molar-refractivity contribution in [2.75, 3.05) is 15.9 Å². The molecule has 206 valence electrons. The van der Waals surface area contributed by atoms with Crippen molar-refractivity contribution < 1.29 is 18.3 Å². The van der Waals surface area contributed by atoms with Crippen molar-refractivity contribution in [2.45, 2.75) is 32.9 Å². The third kappa shape index (κ3) is 5.17. The fourth-order valence-electron chi connectivity index (χ4n) is 5.32. The Bertz CT molecular complexity index is 1730. The minimum absolute atomic E-state index is 0.210. The molecule has 9 nitrogen and oxygen atoms in total. The molecule has 2 aromatic heterocycles. The largest absolute Gasteiger partial charge is 0.478 e. The van der Waals surface area contributed by atoms with Crippen LogP contribution in [-0.2, 0) is 10.0 Å². The first-order valence-electron chi connectivity index (χ1n) is 12.6. The Hall–Kier alpha value is -4.22. The second kappa shape index (κ2) is 10.4. The van der Waals surface area contributed by atoms with Gasteiger partial charge in [0.1, 0.15) is 0 Å². The molecule has 0 saturated carbocycles. The first kappa shape index (κ1) is 27.4. The molecule has 0 spiro atoms. The number of benzene rings is 2. The van der Waals surface area contributed by atoms with Crippen LogP contribution in [0, 0.1) is 20.8 Å². The predicted octanol–water partition coefficient (Wildman–Crippen LogP) is 5.04. The molecule has 1 saturated heterocycles. The Morgan fingerprint density at radius 1 is 1.02 bits per heavy atom. The number of thiocarbonyl (C=S) groups is 1. The Kier molecular flexibility index (Phi) is 7.11. The first-order valence-corrected chi connectivity index (χ1v) is 14.9. The molecule has 0 unspecified atom stereocenters. The van der Waals surface area contributed by atoms with Gasteiger partial charge in [-0.2, -0.15) is 0 Å². The lowest BCUT2D eigenvalue weighted by molar-refractivity contribution is 0.0697. The standard InChI is InChI=1S/C29H29N5O4S2/c1-17-14-22(11-12-24(17)32-40(4,37)38)34-27(26(31-29(34)39)25-10-5-6-13-30-25)23-15-18(2)33(19(23)3)21-9-7-8-20(16-21)28(35)36/h5-16,26-27,32H,1-4H3,(H,31,39)(H,35,36)/t26-,27+/m0/s1. The van der Waals surface area contributed by atoms with Gasteiger partial charge in [-0.15, -0.1) is 0 Å². The fraction of sp³-hybridized carbons (Fsp3) is 0.207. The van der Waals surface area contributed by atoms with E-state index in [0.29, 0.717) is 10.8 Å². The highest BCUT2D eigenvalue weighted by atomic mass is 32.2. The van der Waals surface area contributed by atoms with Crippen LogP contribution in [0.1, 0.15) is 50.7 Å². The minimum atomic E-state index is -3.43. The number of hydrogen-bond donors (Lipinski definition) is 3. The molecule has 3 N–H and O–H groups in total. The second-order valence-corrected chi connectivity index (χ2v) is 12.0. The van der Waals surface area contributed by atoms with Gasteiger partial charge in [0.2, 0.25) is 10.0 Å². The van der Waals surface area contributed by atoms with Crippen LogP contribution in [0.25, 0.3) is 5.69 Å². The van der Waals surface area contributed by atoms with E-state index in [1.54, 1.807) is 30.5 Å². The molecule has 40 heavy (non-hydrogen) atoms. The van der Waals surface area contributed by atoms with E-state index < -0.39 is 16.0 Å². The number of pyridine rings is 1. The van der Waals surface area contributed by atoms with Crippen molar-refractivity contribution in [1.82, 2.24) is 14.9 Å². The molecule has 5 rings (SSSR count). The normalized spacial score (nSPS) is 17.1. The van der Waals surface area contributed by atoms with Crippen LogP contribution in [0.3, 0.4) is 0 Å². The van der Waals surface area contributed by atoms with Crippen LogP contribution >= 0.6 is 12.2 Å². The van der Waals surface area contributed by atoms with Crippen LogP contribution in [0.2, 0.25) is 0 Å². The number of sulfonamides is 1. The van der Waals surface area contributed by atoms with Crippen LogP contribution in [-0.4, -0.2) is 40.4 Å².